The van der Waals surface area contributed by atoms with Crippen molar-refractivity contribution in [3.63, 3.8) is 0 Å². The topological polar surface area (TPSA) is 37.6 Å². The molecule has 20 heavy (non-hydrogen) atoms. The van der Waals surface area contributed by atoms with Crippen LogP contribution in [0.5, 0.6) is 0 Å². The molecule has 1 aliphatic rings. The summed E-state index contributed by atoms with van der Waals surface area (Å²) < 4.78 is 11.5. The van der Waals surface area contributed by atoms with Gasteiger partial charge in [0.1, 0.15) is 18.1 Å². The van der Waals surface area contributed by atoms with Crippen LogP contribution in [0.25, 0.3) is 0 Å². The van der Waals surface area contributed by atoms with E-state index in [9.17, 15) is 0 Å². The first-order chi connectivity index (χ1) is 9.56. The molecule has 114 valence electrons. The van der Waals surface area contributed by atoms with Crippen LogP contribution in [0.1, 0.15) is 43.8 Å². The molecule has 2 rings (SSSR count). The number of nitrogens with one attached hydrogen (secondary N) is 1. The summed E-state index contributed by atoms with van der Waals surface area (Å²) in [4.78, 5) is 2.38. The molecule has 0 spiro atoms. The van der Waals surface area contributed by atoms with Crippen molar-refractivity contribution in [3.8, 4) is 0 Å². The van der Waals surface area contributed by atoms with Gasteiger partial charge in [-0.25, -0.2) is 0 Å². The molecular weight excluding hydrogens is 252 g/mol. The van der Waals surface area contributed by atoms with E-state index < -0.39 is 0 Å². The zero-order valence-corrected chi connectivity index (χ0v) is 13.2. The van der Waals surface area contributed by atoms with Crippen molar-refractivity contribution in [2.24, 2.45) is 0 Å². The molecule has 0 bridgehead atoms. The van der Waals surface area contributed by atoms with Crippen LogP contribution >= 0.6 is 0 Å². The zero-order chi connectivity index (χ0) is 14.5. The van der Waals surface area contributed by atoms with Crippen LogP contribution in [-0.4, -0.2) is 37.2 Å². The van der Waals surface area contributed by atoms with Crippen LogP contribution in [0.15, 0.2) is 10.5 Å². The number of hydrogen-bond donors (Lipinski definition) is 1. The summed E-state index contributed by atoms with van der Waals surface area (Å²) in [5, 5.41) is 3.38. The molecule has 1 aromatic rings. The first-order valence-corrected chi connectivity index (χ1v) is 7.66. The van der Waals surface area contributed by atoms with Crippen LogP contribution in [0.4, 0.5) is 0 Å². The van der Waals surface area contributed by atoms with E-state index in [1.54, 1.807) is 0 Å². The van der Waals surface area contributed by atoms with Gasteiger partial charge in [0.05, 0.1) is 13.2 Å². The minimum absolute atomic E-state index is 0.470. The van der Waals surface area contributed by atoms with E-state index in [0.29, 0.717) is 12.6 Å². The maximum Gasteiger partial charge on any atom is 0.130 e. The molecule has 1 aliphatic carbocycles. The molecule has 0 saturated heterocycles. The molecular formula is C16H28N2O2. The van der Waals surface area contributed by atoms with Gasteiger partial charge in [0, 0.05) is 18.6 Å². The Morgan fingerprint density at radius 3 is 2.85 bits per heavy atom. The summed E-state index contributed by atoms with van der Waals surface area (Å²) >= 11 is 0. The fraction of sp³-hybridized carbons (Fsp3) is 0.750. The molecule has 0 radical (unpaired) electrons. The predicted molar refractivity (Wildman–Crippen MR) is 80.7 cm³/mol. The first kappa shape index (κ1) is 15.5. The number of hydrogen-bond acceptors (Lipinski definition) is 4. The Morgan fingerprint density at radius 2 is 2.20 bits per heavy atom. The van der Waals surface area contributed by atoms with Crippen LogP contribution in [0, 0.1) is 6.92 Å². The number of nitrogens with zero attached hydrogens (tertiary/aromatic N) is 1. The Labute approximate surface area is 122 Å². The summed E-state index contributed by atoms with van der Waals surface area (Å²) in [6, 6.07) is 3.36. The highest BCUT2D eigenvalue weighted by atomic mass is 16.5. The quantitative estimate of drug-likeness (QED) is 0.706. The van der Waals surface area contributed by atoms with Gasteiger partial charge in [-0.05, 0) is 38.4 Å². The molecule has 0 aliphatic heterocycles. The third-order valence-corrected chi connectivity index (χ3v) is 3.75. The van der Waals surface area contributed by atoms with E-state index >= 15 is 0 Å². The average Bonchev–Trinajstić information content (AvgIpc) is 3.17. The van der Waals surface area contributed by atoms with E-state index in [0.717, 1.165) is 37.3 Å². The van der Waals surface area contributed by atoms with Crippen molar-refractivity contribution in [3.05, 3.63) is 23.2 Å². The lowest BCUT2D eigenvalue weighted by molar-refractivity contribution is 0.0855. The van der Waals surface area contributed by atoms with Crippen LogP contribution in [0.2, 0.25) is 0 Å². The smallest absolute Gasteiger partial charge is 0.130 e. The standard InChI is InChI=1S/C16H28N2O2/c1-12(2)17-10-16-13(3)9-15(20-16)11-19-8-7-18(4)14-5-6-14/h9,12,14,17H,5-8,10-11H2,1-4H3. The number of rotatable bonds is 9. The van der Waals surface area contributed by atoms with Crippen LogP contribution in [0.3, 0.4) is 0 Å². The number of furan rings is 1. The maximum absolute atomic E-state index is 5.83. The molecule has 4 heteroatoms. The second kappa shape index (κ2) is 7.25. The third kappa shape index (κ3) is 4.93. The molecule has 1 fully saturated rings. The normalized spacial score (nSPS) is 15.5. The molecule has 1 N–H and O–H groups in total. The van der Waals surface area contributed by atoms with Crippen molar-refractivity contribution in [1.82, 2.24) is 10.2 Å². The predicted octanol–water partition coefficient (Wildman–Crippen LogP) is 2.70. The van der Waals surface area contributed by atoms with E-state index in [2.05, 4.69) is 44.1 Å². The monoisotopic (exact) mass is 280 g/mol. The molecule has 4 nitrogen and oxygen atoms in total. The van der Waals surface area contributed by atoms with Crippen LogP contribution in [-0.2, 0) is 17.9 Å². The van der Waals surface area contributed by atoms with Gasteiger partial charge in [-0.3, -0.25) is 0 Å². The van der Waals surface area contributed by atoms with Gasteiger partial charge in [0.2, 0.25) is 0 Å². The Kier molecular flexibility index (Phi) is 5.64. The lowest BCUT2D eigenvalue weighted by Gasteiger charge is -2.14. The average molecular weight is 280 g/mol. The lowest BCUT2D eigenvalue weighted by atomic mass is 10.2. The van der Waals surface area contributed by atoms with Crippen LogP contribution < -0.4 is 5.32 Å². The largest absolute Gasteiger partial charge is 0.462 e. The van der Waals surface area contributed by atoms with Gasteiger partial charge >= 0.3 is 0 Å². The molecule has 0 atom stereocenters. The van der Waals surface area contributed by atoms with Crippen molar-refractivity contribution >= 4 is 0 Å². The van der Waals surface area contributed by atoms with Gasteiger partial charge in [-0.1, -0.05) is 13.8 Å². The summed E-state index contributed by atoms with van der Waals surface area (Å²) in [5.41, 5.74) is 1.20. The molecule has 1 heterocycles. The maximum atomic E-state index is 5.83. The zero-order valence-electron chi connectivity index (χ0n) is 13.2. The Balaban J connectivity index is 1.68. The molecule has 0 aromatic carbocycles. The Morgan fingerprint density at radius 1 is 1.45 bits per heavy atom. The van der Waals surface area contributed by atoms with Gasteiger partial charge < -0.3 is 19.4 Å². The highest BCUT2D eigenvalue weighted by Gasteiger charge is 2.25. The molecule has 1 aromatic heterocycles. The second-order valence-corrected chi connectivity index (χ2v) is 6.12. The fourth-order valence-electron chi connectivity index (χ4n) is 2.21. The lowest BCUT2D eigenvalue weighted by Crippen LogP contribution is -2.25. The van der Waals surface area contributed by atoms with Crippen molar-refractivity contribution in [1.29, 1.82) is 0 Å². The third-order valence-electron chi connectivity index (χ3n) is 3.75. The minimum atomic E-state index is 0.470. The van der Waals surface area contributed by atoms with Gasteiger partial charge in [0.25, 0.3) is 0 Å². The second-order valence-electron chi connectivity index (χ2n) is 6.12. The van der Waals surface area contributed by atoms with E-state index in [-0.39, 0.29) is 0 Å². The van der Waals surface area contributed by atoms with Gasteiger partial charge in [-0.15, -0.1) is 0 Å². The first-order valence-electron chi connectivity index (χ1n) is 7.66. The van der Waals surface area contributed by atoms with Crippen molar-refractivity contribution in [2.75, 3.05) is 20.2 Å². The Bertz CT molecular complexity index is 411. The summed E-state index contributed by atoms with van der Waals surface area (Å²) in [5.74, 6) is 1.95. The van der Waals surface area contributed by atoms with E-state index in [4.69, 9.17) is 9.15 Å². The fourth-order valence-corrected chi connectivity index (χ4v) is 2.21. The van der Waals surface area contributed by atoms with Crippen molar-refractivity contribution < 1.29 is 9.15 Å². The SMILES string of the molecule is Cc1cc(COCCN(C)C2CC2)oc1CNC(C)C. The van der Waals surface area contributed by atoms with Gasteiger partial charge in [-0.2, -0.15) is 0 Å². The minimum Gasteiger partial charge on any atom is -0.462 e. The van der Waals surface area contributed by atoms with E-state index in [1.165, 1.54) is 18.4 Å². The highest BCUT2D eigenvalue weighted by molar-refractivity contribution is 5.19. The van der Waals surface area contributed by atoms with Crippen molar-refractivity contribution in [2.45, 2.75) is 58.8 Å². The Hall–Kier alpha value is -0.840. The summed E-state index contributed by atoms with van der Waals surface area (Å²) in [6.45, 7) is 9.50. The summed E-state index contributed by atoms with van der Waals surface area (Å²) in [6.07, 6.45) is 2.69. The molecule has 0 amide bonds. The van der Waals surface area contributed by atoms with Gasteiger partial charge in [0.15, 0.2) is 0 Å². The number of aryl methyl sites for hydroxylation is 1. The molecule has 0 unspecified atom stereocenters. The van der Waals surface area contributed by atoms with E-state index in [1.807, 2.05) is 0 Å². The molecule has 1 saturated carbocycles. The number of ether oxygens (including phenoxy) is 1. The highest BCUT2D eigenvalue weighted by Crippen LogP contribution is 2.24. The summed E-state index contributed by atoms with van der Waals surface area (Å²) in [7, 11) is 2.17. The number of likely N-dealkylation sites (N-methyl/N-ethyl adjacent to an activating group) is 1.